The molecule has 8 heteroatoms. The van der Waals surface area contributed by atoms with E-state index < -0.39 is 6.04 Å². The minimum Gasteiger partial charge on any atom is -0.454 e. The van der Waals surface area contributed by atoms with Gasteiger partial charge in [0.1, 0.15) is 0 Å². The molecule has 2 rings (SSSR count). The number of nitrogens with zero attached hydrogens (tertiary/aromatic N) is 1. The molecule has 1 heterocycles. The minimum atomic E-state index is -0.448. The number of ether oxygens (including phenoxy) is 2. The summed E-state index contributed by atoms with van der Waals surface area (Å²) in [6.45, 7) is 5.60. The molecule has 1 amide bonds. The van der Waals surface area contributed by atoms with Crippen LogP contribution in [0.4, 0.5) is 0 Å². The summed E-state index contributed by atoms with van der Waals surface area (Å²) in [7, 11) is 0. The predicted octanol–water partition coefficient (Wildman–Crippen LogP) is 2.49. The Hall–Kier alpha value is -1.21. The molecule has 0 saturated carbocycles. The van der Waals surface area contributed by atoms with E-state index >= 15 is 0 Å². The van der Waals surface area contributed by atoms with E-state index in [0.29, 0.717) is 19.5 Å². The van der Waals surface area contributed by atoms with Crippen LogP contribution >= 0.6 is 24.8 Å². The number of likely N-dealkylation sites (N-methyl/N-ethyl adjacent to an activating group) is 1. The Balaban J connectivity index is 0.00000312. The molecule has 0 spiro atoms. The first kappa shape index (κ1) is 24.8. The molecule has 1 aliphatic rings. The number of rotatable bonds is 9. The van der Waals surface area contributed by atoms with Crippen LogP contribution in [0.3, 0.4) is 0 Å². The normalized spacial score (nSPS) is 14.0. The fourth-order valence-electron chi connectivity index (χ4n) is 3.05. The van der Waals surface area contributed by atoms with Crippen LogP contribution in [0.5, 0.6) is 11.5 Å². The Kier molecular flexibility index (Phi) is 11.7. The van der Waals surface area contributed by atoms with Crippen LogP contribution in [0.25, 0.3) is 0 Å². The molecule has 0 aromatic heterocycles. The van der Waals surface area contributed by atoms with E-state index in [1.165, 1.54) is 0 Å². The van der Waals surface area contributed by atoms with Gasteiger partial charge in [-0.05, 0) is 57.4 Å². The third-order valence-electron chi connectivity index (χ3n) is 4.41. The second-order valence-corrected chi connectivity index (χ2v) is 6.26. The summed E-state index contributed by atoms with van der Waals surface area (Å²) in [6.07, 6.45) is 3.23. The number of halogens is 2. The van der Waals surface area contributed by atoms with Crippen molar-refractivity contribution in [2.24, 2.45) is 11.5 Å². The van der Waals surface area contributed by atoms with Crippen LogP contribution in [-0.4, -0.2) is 42.8 Å². The lowest BCUT2D eigenvalue weighted by molar-refractivity contribution is -0.134. The van der Waals surface area contributed by atoms with E-state index in [4.69, 9.17) is 20.9 Å². The van der Waals surface area contributed by atoms with Gasteiger partial charge in [0.05, 0.1) is 6.04 Å². The highest BCUT2D eigenvalue weighted by Crippen LogP contribution is 2.33. The maximum absolute atomic E-state index is 12.6. The van der Waals surface area contributed by atoms with Gasteiger partial charge in [-0.15, -0.1) is 24.8 Å². The summed E-state index contributed by atoms with van der Waals surface area (Å²) >= 11 is 0. The number of hydrogen-bond acceptors (Lipinski definition) is 5. The van der Waals surface area contributed by atoms with Crippen LogP contribution in [0, 0.1) is 0 Å². The molecule has 0 saturated heterocycles. The molecular formula is C18H31Cl2N3O3. The van der Waals surface area contributed by atoms with Gasteiger partial charge < -0.3 is 25.8 Å². The van der Waals surface area contributed by atoms with Crippen molar-refractivity contribution in [3.8, 4) is 11.5 Å². The predicted molar refractivity (Wildman–Crippen MR) is 108 cm³/mol. The van der Waals surface area contributed by atoms with Crippen molar-refractivity contribution >= 4 is 30.7 Å². The lowest BCUT2D eigenvalue weighted by Crippen LogP contribution is -2.48. The fourth-order valence-corrected chi connectivity index (χ4v) is 3.05. The van der Waals surface area contributed by atoms with Gasteiger partial charge in [0.15, 0.2) is 11.5 Å². The van der Waals surface area contributed by atoms with Gasteiger partial charge in [-0.1, -0.05) is 12.5 Å². The second-order valence-electron chi connectivity index (χ2n) is 6.26. The van der Waals surface area contributed by atoms with Crippen molar-refractivity contribution < 1.29 is 14.3 Å². The molecular weight excluding hydrogens is 377 g/mol. The zero-order valence-electron chi connectivity index (χ0n) is 15.5. The lowest BCUT2D eigenvalue weighted by atomic mass is 10.0. The summed E-state index contributed by atoms with van der Waals surface area (Å²) < 4.78 is 10.7. The highest BCUT2D eigenvalue weighted by Gasteiger charge is 2.24. The van der Waals surface area contributed by atoms with Crippen molar-refractivity contribution in [2.45, 2.75) is 51.6 Å². The quantitative estimate of drug-likeness (QED) is 0.613. The summed E-state index contributed by atoms with van der Waals surface area (Å²) in [4.78, 5) is 14.5. The number of carbonyl (C=O) groups is 1. The maximum atomic E-state index is 12.6. The SMILES string of the molecule is CCN(C(=O)C(N)CCCCN)C(C)Cc1ccc2c(c1)OCO2.Cl.Cl. The number of amides is 1. The first-order valence-electron chi connectivity index (χ1n) is 8.71. The third kappa shape index (κ3) is 6.50. The van der Waals surface area contributed by atoms with Crippen LogP contribution < -0.4 is 20.9 Å². The molecule has 0 aliphatic carbocycles. The Labute approximate surface area is 168 Å². The number of benzene rings is 1. The van der Waals surface area contributed by atoms with E-state index in [9.17, 15) is 4.79 Å². The van der Waals surface area contributed by atoms with Crippen LogP contribution in [0.15, 0.2) is 18.2 Å². The minimum absolute atomic E-state index is 0. The summed E-state index contributed by atoms with van der Waals surface area (Å²) in [5.41, 5.74) is 12.7. The number of unbranched alkanes of at least 4 members (excludes halogenated alkanes) is 1. The third-order valence-corrected chi connectivity index (χ3v) is 4.41. The van der Waals surface area contributed by atoms with Crippen molar-refractivity contribution in [3.05, 3.63) is 23.8 Å². The molecule has 1 aliphatic heterocycles. The summed E-state index contributed by atoms with van der Waals surface area (Å²) in [6, 6.07) is 5.54. The largest absolute Gasteiger partial charge is 0.454 e. The molecule has 4 N–H and O–H groups in total. The first-order valence-corrected chi connectivity index (χ1v) is 8.71. The first-order chi connectivity index (χ1) is 11.6. The standard InChI is InChI=1S/C18H29N3O3.2ClH/c1-3-21(18(22)15(20)6-4-5-9-19)13(2)10-14-7-8-16-17(11-14)24-12-23-16;;/h7-8,11,13,15H,3-6,9-10,12,19-20H2,1-2H3;2*1H. The number of hydrogen-bond donors (Lipinski definition) is 2. The van der Waals surface area contributed by atoms with Crippen molar-refractivity contribution in [1.29, 1.82) is 0 Å². The fraction of sp³-hybridized carbons (Fsp3) is 0.611. The highest BCUT2D eigenvalue weighted by molar-refractivity contribution is 5.85. The molecule has 26 heavy (non-hydrogen) atoms. The molecule has 0 radical (unpaired) electrons. The van der Waals surface area contributed by atoms with Gasteiger partial charge in [-0.2, -0.15) is 0 Å². The highest BCUT2D eigenvalue weighted by atomic mass is 35.5. The average molecular weight is 408 g/mol. The van der Waals surface area contributed by atoms with E-state index in [-0.39, 0.29) is 43.6 Å². The van der Waals surface area contributed by atoms with Gasteiger partial charge in [-0.25, -0.2) is 0 Å². The van der Waals surface area contributed by atoms with Crippen LogP contribution in [0.2, 0.25) is 0 Å². The Morgan fingerprint density at radius 3 is 2.58 bits per heavy atom. The van der Waals surface area contributed by atoms with Gasteiger partial charge in [-0.3, -0.25) is 4.79 Å². The summed E-state index contributed by atoms with van der Waals surface area (Å²) in [5.74, 6) is 1.56. The van der Waals surface area contributed by atoms with Gasteiger partial charge in [0, 0.05) is 12.6 Å². The van der Waals surface area contributed by atoms with Crippen molar-refractivity contribution in [1.82, 2.24) is 4.90 Å². The zero-order chi connectivity index (χ0) is 17.5. The molecule has 2 unspecified atom stereocenters. The van der Waals surface area contributed by atoms with Crippen molar-refractivity contribution in [2.75, 3.05) is 19.9 Å². The smallest absolute Gasteiger partial charge is 0.239 e. The number of nitrogens with two attached hydrogens (primary N) is 2. The molecule has 0 bridgehead atoms. The van der Waals surface area contributed by atoms with E-state index in [0.717, 1.165) is 36.3 Å². The number of fused-ring (bicyclic) bond motifs is 1. The van der Waals surface area contributed by atoms with E-state index in [1.54, 1.807) is 0 Å². The monoisotopic (exact) mass is 407 g/mol. The van der Waals surface area contributed by atoms with Gasteiger partial charge in [0.25, 0.3) is 0 Å². The average Bonchev–Trinajstić information content (AvgIpc) is 3.03. The van der Waals surface area contributed by atoms with Crippen LogP contribution in [0.1, 0.15) is 38.7 Å². The Bertz CT molecular complexity index is 560. The molecule has 2 atom stereocenters. The molecule has 150 valence electrons. The molecule has 6 nitrogen and oxygen atoms in total. The lowest BCUT2D eigenvalue weighted by Gasteiger charge is -2.30. The van der Waals surface area contributed by atoms with Gasteiger partial charge >= 0.3 is 0 Å². The van der Waals surface area contributed by atoms with E-state index in [1.807, 2.05) is 30.0 Å². The zero-order valence-corrected chi connectivity index (χ0v) is 17.1. The molecule has 1 aromatic carbocycles. The van der Waals surface area contributed by atoms with Crippen LogP contribution in [-0.2, 0) is 11.2 Å². The van der Waals surface area contributed by atoms with E-state index in [2.05, 4.69) is 6.92 Å². The topological polar surface area (TPSA) is 90.8 Å². The Morgan fingerprint density at radius 1 is 1.23 bits per heavy atom. The summed E-state index contributed by atoms with van der Waals surface area (Å²) in [5, 5.41) is 0. The molecule has 0 fully saturated rings. The molecule has 1 aromatic rings. The number of carbonyl (C=O) groups excluding carboxylic acids is 1. The van der Waals surface area contributed by atoms with Gasteiger partial charge in [0.2, 0.25) is 12.7 Å². The van der Waals surface area contributed by atoms with Crippen molar-refractivity contribution in [3.63, 3.8) is 0 Å². The Morgan fingerprint density at radius 2 is 1.92 bits per heavy atom. The maximum Gasteiger partial charge on any atom is 0.239 e. The second kappa shape index (κ2) is 12.2.